The number of aromatic hydroxyl groups is 2. The molecule has 1 unspecified atom stereocenters. The van der Waals surface area contributed by atoms with Crippen molar-refractivity contribution in [1.29, 1.82) is 0 Å². The summed E-state index contributed by atoms with van der Waals surface area (Å²) in [4.78, 5) is 12.1. The lowest BCUT2D eigenvalue weighted by Gasteiger charge is -2.31. The van der Waals surface area contributed by atoms with Crippen LogP contribution in [0.1, 0.15) is 63.9 Å². The molecule has 0 saturated heterocycles. The Labute approximate surface area is 176 Å². The Morgan fingerprint density at radius 3 is 2.34 bits per heavy atom. The fourth-order valence-electron chi connectivity index (χ4n) is 3.28. The second-order valence-electron chi connectivity index (χ2n) is 8.60. The van der Waals surface area contributed by atoms with Gasteiger partial charge in [-0.3, -0.25) is 0 Å². The Bertz CT molecular complexity index is 636. The highest BCUT2D eigenvalue weighted by atomic mass is 31.2. The zero-order valence-electron chi connectivity index (χ0n) is 18.4. The van der Waals surface area contributed by atoms with Crippen molar-refractivity contribution in [1.82, 2.24) is 0 Å². The third-order valence-corrected chi connectivity index (χ3v) is 6.73. The normalized spacial score (nSPS) is 14.1. The molecule has 6 nitrogen and oxygen atoms in total. The van der Waals surface area contributed by atoms with Gasteiger partial charge in [-0.2, -0.15) is 0 Å². The number of phenols is 2. The summed E-state index contributed by atoms with van der Waals surface area (Å²) >= 11 is 0. The molecule has 0 aliphatic carbocycles. The largest absolute Gasteiger partial charge is 0.778 e. The standard InChI is InChI=1S/C22H40NO5P/c1-4-5-6-7-8-10-15-23(2,3)16-17-28-29(26,27)18-11-9-12-20-13-14-21(24)22(25)19-20/h13-14,19H,4-12,15-18H2,1-3H3,(H2-,24,25,26,27). The second kappa shape index (κ2) is 13.3. The Morgan fingerprint density at radius 1 is 0.966 bits per heavy atom. The number of quaternary nitrogens is 1. The van der Waals surface area contributed by atoms with E-state index in [9.17, 15) is 19.7 Å². The van der Waals surface area contributed by atoms with Gasteiger partial charge in [-0.15, -0.1) is 0 Å². The van der Waals surface area contributed by atoms with Crippen LogP contribution in [0.4, 0.5) is 0 Å². The van der Waals surface area contributed by atoms with Gasteiger partial charge in [0, 0.05) is 6.16 Å². The maximum absolute atomic E-state index is 12.1. The summed E-state index contributed by atoms with van der Waals surface area (Å²) in [6, 6.07) is 4.68. The van der Waals surface area contributed by atoms with Crippen molar-refractivity contribution in [3.63, 3.8) is 0 Å². The molecular formula is C22H40NO5P. The molecule has 2 N–H and O–H groups in total. The van der Waals surface area contributed by atoms with Gasteiger partial charge >= 0.3 is 0 Å². The van der Waals surface area contributed by atoms with Gasteiger partial charge in [-0.25, -0.2) is 0 Å². The summed E-state index contributed by atoms with van der Waals surface area (Å²) in [6.45, 7) is 4.18. The van der Waals surface area contributed by atoms with E-state index in [1.54, 1.807) is 6.07 Å². The minimum atomic E-state index is -3.81. The molecule has 0 saturated carbocycles. The molecule has 0 heterocycles. The van der Waals surface area contributed by atoms with E-state index in [4.69, 9.17) is 4.52 Å². The number of nitrogens with zero attached hydrogens (tertiary/aromatic N) is 1. The van der Waals surface area contributed by atoms with Crippen molar-refractivity contribution in [3.8, 4) is 11.5 Å². The molecule has 0 aliphatic heterocycles. The number of phenolic OH excluding ortho intramolecular Hbond substituents is 2. The van der Waals surface area contributed by atoms with Crippen LogP contribution in [0.2, 0.25) is 0 Å². The number of likely N-dealkylation sites (N-methyl/N-ethyl adjacent to an activating group) is 1. The maximum atomic E-state index is 12.1. The average Bonchev–Trinajstić information content (AvgIpc) is 2.64. The number of rotatable bonds is 16. The molecule has 1 aromatic carbocycles. The summed E-state index contributed by atoms with van der Waals surface area (Å²) < 4.78 is 18.1. The highest BCUT2D eigenvalue weighted by Gasteiger charge is 2.16. The van der Waals surface area contributed by atoms with E-state index >= 15 is 0 Å². The maximum Gasteiger partial charge on any atom is 0.157 e. The van der Waals surface area contributed by atoms with Crippen LogP contribution in [-0.4, -0.2) is 54.6 Å². The van der Waals surface area contributed by atoms with E-state index < -0.39 is 7.60 Å². The predicted molar refractivity (Wildman–Crippen MR) is 116 cm³/mol. The second-order valence-corrected chi connectivity index (χ2v) is 10.5. The van der Waals surface area contributed by atoms with Crippen LogP contribution in [0.15, 0.2) is 18.2 Å². The first-order chi connectivity index (χ1) is 13.7. The third-order valence-electron chi connectivity index (χ3n) is 5.29. The van der Waals surface area contributed by atoms with Crippen molar-refractivity contribution in [3.05, 3.63) is 23.8 Å². The molecule has 7 heteroatoms. The molecule has 0 aromatic heterocycles. The van der Waals surface area contributed by atoms with Gasteiger partial charge in [0.15, 0.2) is 11.5 Å². The van der Waals surface area contributed by atoms with Crippen LogP contribution in [-0.2, 0) is 15.5 Å². The molecule has 29 heavy (non-hydrogen) atoms. The average molecular weight is 430 g/mol. The zero-order chi connectivity index (χ0) is 21.8. The van der Waals surface area contributed by atoms with E-state index in [0.717, 1.165) is 16.6 Å². The first-order valence-corrected chi connectivity index (χ1v) is 12.7. The molecule has 0 radical (unpaired) electrons. The molecule has 0 bridgehead atoms. The molecule has 1 rings (SSSR count). The topological polar surface area (TPSA) is 89.8 Å². The molecule has 0 spiro atoms. The van der Waals surface area contributed by atoms with Gasteiger partial charge in [0.25, 0.3) is 0 Å². The van der Waals surface area contributed by atoms with Crippen LogP contribution < -0.4 is 4.89 Å². The predicted octanol–water partition coefficient (Wildman–Crippen LogP) is 4.43. The van der Waals surface area contributed by atoms with Gasteiger partial charge in [0.1, 0.15) is 20.7 Å². The molecular weight excluding hydrogens is 389 g/mol. The number of benzene rings is 1. The van der Waals surface area contributed by atoms with Crippen LogP contribution in [0, 0.1) is 0 Å². The van der Waals surface area contributed by atoms with Crippen molar-refractivity contribution >= 4 is 7.60 Å². The van der Waals surface area contributed by atoms with Crippen molar-refractivity contribution in [2.24, 2.45) is 0 Å². The first-order valence-electron chi connectivity index (χ1n) is 10.9. The highest BCUT2D eigenvalue weighted by molar-refractivity contribution is 7.51. The third kappa shape index (κ3) is 12.3. The number of hydrogen-bond donors (Lipinski definition) is 2. The summed E-state index contributed by atoms with van der Waals surface area (Å²) in [5.41, 5.74) is 0.871. The Kier molecular flexibility index (Phi) is 11.9. The lowest BCUT2D eigenvalue weighted by Crippen LogP contribution is -2.43. The Balaban J connectivity index is 2.18. The zero-order valence-corrected chi connectivity index (χ0v) is 19.3. The minimum absolute atomic E-state index is 0.0297. The van der Waals surface area contributed by atoms with Crippen molar-refractivity contribution in [2.45, 2.75) is 64.7 Å². The molecule has 0 fully saturated rings. The van der Waals surface area contributed by atoms with E-state index in [2.05, 4.69) is 21.0 Å². The molecule has 1 atom stereocenters. The van der Waals surface area contributed by atoms with Gasteiger partial charge in [0.2, 0.25) is 0 Å². The SMILES string of the molecule is CCCCCCCC[N+](C)(C)CCOP(=O)([O-])CCCCc1ccc(O)c(O)c1. The summed E-state index contributed by atoms with van der Waals surface area (Å²) in [6.07, 6.45) is 9.43. The summed E-state index contributed by atoms with van der Waals surface area (Å²) in [5.74, 6) is -0.300. The minimum Gasteiger partial charge on any atom is -0.778 e. The van der Waals surface area contributed by atoms with Gasteiger partial charge in [-0.1, -0.05) is 38.7 Å². The Hall–Kier alpha value is -1.07. The van der Waals surface area contributed by atoms with Gasteiger partial charge < -0.3 is 28.7 Å². The van der Waals surface area contributed by atoms with E-state index in [-0.39, 0.29) is 24.3 Å². The van der Waals surface area contributed by atoms with E-state index in [1.807, 2.05) is 0 Å². The lowest BCUT2D eigenvalue weighted by molar-refractivity contribution is -0.890. The molecule has 0 aliphatic rings. The lowest BCUT2D eigenvalue weighted by atomic mass is 10.1. The highest BCUT2D eigenvalue weighted by Crippen LogP contribution is 2.38. The van der Waals surface area contributed by atoms with E-state index in [1.165, 1.54) is 50.7 Å². The van der Waals surface area contributed by atoms with Crippen molar-refractivity contribution < 1.29 is 28.7 Å². The monoisotopic (exact) mass is 429 g/mol. The summed E-state index contributed by atoms with van der Waals surface area (Å²) in [5, 5.41) is 18.8. The molecule has 0 amide bonds. The van der Waals surface area contributed by atoms with Gasteiger partial charge in [0.05, 0.1) is 20.6 Å². The number of aryl methyl sites for hydroxylation is 1. The summed E-state index contributed by atoms with van der Waals surface area (Å²) in [7, 11) is 0.436. The fourth-order valence-corrected chi connectivity index (χ4v) is 4.38. The molecule has 1 aromatic rings. The van der Waals surface area contributed by atoms with Crippen LogP contribution in [0.5, 0.6) is 11.5 Å². The van der Waals surface area contributed by atoms with Crippen molar-refractivity contribution in [2.75, 3.05) is 40.0 Å². The van der Waals surface area contributed by atoms with Crippen LogP contribution in [0.25, 0.3) is 0 Å². The number of hydrogen-bond acceptors (Lipinski definition) is 5. The van der Waals surface area contributed by atoms with E-state index in [0.29, 0.717) is 25.8 Å². The van der Waals surface area contributed by atoms with Gasteiger partial charge in [-0.05, 0) is 49.8 Å². The van der Waals surface area contributed by atoms with Crippen LogP contribution in [0.3, 0.4) is 0 Å². The molecule has 168 valence electrons. The smallest absolute Gasteiger partial charge is 0.157 e. The quantitative estimate of drug-likeness (QED) is 0.176. The Morgan fingerprint density at radius 2 is 1.66 bits per heavy atom. The fraction of sp³-hybridized carbons (Fsp3) is 0.727. The van der Waals surface area contributed by atoms with Crippen LogP contribution >= 0.6 is 7.60 Å². The number of unbranched alkanes of at least 4 members (excludes halogenated alkanes) is 6. The first kappa shape index (κ1) is 26.0.